The van der Waals surface area contributed by atoms with Gasteiger partial charge in [-0.1, -0.05) is 0 Å². The van der Waals surface area contributed by atoms with Crippen molar-refractivity contribution in [1.82, 2.24) is 0 Å². The van der Waals surface area contributed by atoms with Gasteiger partial charge in [-0.2, -0.15) is 0 Å². The highest BCUT2D eigenvalue weighted by molar-refractivity contribution is 7.76. The number of nitrogens with zero attached hydrogens (tertiary/aromatic N) is 1. The SMILES string of the molecule is O=C(O)CC(CC(=O)O)(OP1(=O)OCCC1([N+](C(P(=O)(O)O)P(=O)(O)O)(C(P(=O)(O)O)P(=O)(O)O)C(P(=O)(O)O)P(=O)(O)O)P(=O)(O)O)C(=O)O. The Labute approximate surface area is 280 Å². The maximum Gasteiger partial charge on any atom is 0.404 e. The summed E-state index contributed by atoms with van der Waals surface area (Å²) in [4.78, 5) is 179. The number of hydrogen-bond donors (Lipinski definition) is 17. The number of carbonyl (C=O) groups is 3. The molecule has 1 heterocycles. The zero-order valence-electron chi connectivity index (χ0n) is 24.0. The molecule has 0 spiro atoms. The van der Waals surface area contributed by atoms with Crippen molar-refractivity contribution >= 4 is 78.7 Å². The van der Waals surface area contributed by atoms with Crippen LogP contribution in [0.4, 0.5) is 0 Å². The molecule has 2 unspecified atom stereocenters. The first-order chi connectivity index (χ1) is 22.0. The van der Waals surface area contributed by atoms with Gasteiger partial charge in [0, 0.05) is 0 Å². The van der Waals surface area contributed by atoms with Gasteiger partial charge < -0.3 is 88.4 Å². The molecule has 39 heteroatoms. The van der Waals surface area contributed by atoms with Crippen LogP contribution in [0.3, 0.4) is 0 Å². The molecule has 1 saturated heterocycles. The molecule has 0 bridgehead atoms. The summed E-state index contributed by atoms with van der Waals surface area (Å²) in [7, 11) is -62.3. The topological polar surface area (TPSA) is 550 Å². The third-order valence-electron chi connectivity index (χ3n) is 6.73. The van der Waals surface area contributed by atoms with Crippen LogP contribution in [0.5, 0.6) is 0 Å². The summed E-state index contributed by atoms with van der Waals surface area (Å²) in [6.07, 6.45) is -7.39. The molecule has 300 valence electrons. The molecule has 17 N–H and O–H groups in total. The Morgan fingerprint density at radius 3 is 1.10 bits per heavy atom. The number of carboxylic acids is 3. The first-order valence-electron chi connectivity index (χ1n) is 11.9. The summed E-state index contributed by atoms with van der Waals surface area (Å²) < 4.78 is 110. The maximum absolute atomic E-state index is 14.8. The first-order valence-corrected chi connectivity index (χ1v) is 25.2. The lowest BCUT2D eigenvalue weighted by Gasteiger charge is -2.59. The highest BCUT2D eigenvalue weighted by Gasteiger charge is 2.93. The molecule has 0 amide bonds. The van der Waals surface area contributed by atoms with Gasteiger partial charge in [-0.25, -0.2) is 9.28 Å². The van der Waals surface area contributed by atoms with Gasteiger partial charge in [0.1, 0.15) is 0 Å². The molecule has 2 atom stereocenters. The number of carboxylic acid groups (broad SMARTS) is 3. The van der Waals surface area contributed by atoms with Crippen LogP contribution < -0.4 is 0 Å². The van der Waals surface area contributed by atoms with E-state index in [-0.39, 0.29) is 0 Å². The lowest BCUT2D eigenvalue weighted by atomic mass is 9.96. The predicted octanol–water partition coefficient (Wildman–Crippen LogP) is -3.05. The van der Waals surface area contributed by atoms with Crippen molar-refractivity contribution in [1.29, 1.82) is 0 Å². The molecular formula is C12H28NO30P8+. The lowest BCUT2D eigenvalue weighted by Crippen LogP contribution is -2.75. The van der Waals surface area contributed by atoms with E-state index in [0.717, 1.165) is 0 Å². The van der Waals surface area contributed by atoms with Crippen LogP contribution in [0.2, 0.25) is 0 Å². The Balaban J connectivity index is 5.47. The smallest absolute Gasteiger partial charge is 0.404 e. The van der Waals surface area contributed by atoms with Crippen LogP contribution in [0, 0.1) is 0 Å². The van der Waals surface area contributed by atoms with Crippen LogP contribution in [0.15, 0.2) is 0 Å². The van der Waals surface area contributed by atoms with Crippen LogP contribution in [-0.4, -0.2) is 140 Å². The summed E-state index contributed by atoms with van der Waals surface area (Å²) >= 11 is 0. The summed E-state index contributed by atoms with van der Waals surface area (Å²) in [5.74, 6) is -8.04. The van der Waals surface area contributed by atoms with Crippen molar-refractivity contribution in [2.45, 2.75) is 46.5 Å². The minimum Gasteiger partial charge on any atom is -0.481 e. The van der Waals surface area contributed by atoms with Gasteiger partial charge in [0.25, 0.3) is 16.6 Å². The first kappa shape index (κ1) is 48.6. The normalized spacial score (nSPS) is 22.1. The molecule has 1 fully saturated rings. The lowest BCUT2D eigenvalue weighted by molar-refractivity contribution is -0.953. The molecule has 0 saturated carbocycles. The minimum atomic E-state index is -7.94. The second-order valence-electron chi connectivity index (χ2n) is 10.3. The predicted molar refractivity (Wildman–Crippen MR) is 153 cm³/mol. The Morgan fingerprint density at radius 1 is 0.627 bits per heavy atom. The van der Waals surface area contributed by atoms with Crippen molar-refractivity contribution in [2.24, 2.45) is 0 Å². The molecule has 31 nitrogen and oxygen atoms in total. The van der Waals surface area contributed by atoms with Crippen LogP contribution in [0.1, 0.15) is 19.3 Å². The minimum absolute atomic E-state index is 2.06. The molecule has 0 radical (unpaired) electrons. The van der Waals surface area contributed by atoms with E-state index in [1.54, 1.807) is 0 Å². The summed E-state index contributed by atoms with van der Waals surface area (Å²) in [6.45, 7) is -2.06. The second-order valence-corrected chi connectivity index (χ2v) is 25.9. The van der Waals surface area contributed by atoms with E-state index < -0.39 is 136 Å². The van der Waals surface area contributed by atoms with E-state index in [0.29, 0.717) is 0 Å². The van der Waals surface area contributed by atoms with Gasteiger partial charge in [0.15, 0.2) is 5.60 Å². The number of hydrogen-bond acceptors (Lipinski definition) is 13. The average molecular weight is 914 g/mol. The van der Waals surface area contributed by atoms with E-state index in [1.165, 1.54) is 0 Å². The fourth-order valence-electron chi connectivity index (χ4n) is 5.61. The van der Waals surface area contributed by atoms with Gasteiger partial charge in [0.2, 0.25) is 0 Å². The number of aliphatic carboxylic acids is 3. The highest BCUT2D eigenvalue weighted by atomic mass is 31.3. The fraction of sp³-hybridized carbons (Fsp3) is 0.750. The van der Waals surface area contributed by atoms with Gasteiger partial charge in [0.05, 0.1) is 25.9 Å². The molecule has 0 aliphatic carbocycles. The van der Waals surface area contributed by atoms with Gasteiger partial charge in [-0.15, -0.1) is 0 Å². The van der Waals surface area contributed by atoms with Gasteiger partial charge in [-0.3, -0.25) is 50.6 Å². The van der Waals surface area contributed by atoms with Crippen molar-refractivity contribution in [3.05, 3.63) is 0 Å². The van der Waals surface area contributed by atoms with Crippen molar-refractivity contribution in [3.8, 4) is 0 Å². The van der Waals surface area contributed by atoms with Crippen molar-refractivity contribution in [3.63, 3.8) is 0 Å². The molecule has 0 aromatic rings. The van der Waals surface area contributed by atoms with Gasteiger partial charge >= 0.3 is 83.7 Å². The van der Waals surface area contributed by atoms with E-state index in [1.807, 2.05) is 0 Å². The number of rotatable bonds is 18. The summed E-state index contributed by atoms with van der Waals surface area (Å²) in [5.41, 5.74) is -20.7. The molecule has 51 heavy (non-hydrogen) atoms. The fourth-order valence-corrected chi connectivity index (χ4v) is 23.7. The van der Waals surface area contributed by atoms with E-state index in [2.05, 4.69) is 9.05 Å². The third-order valence-corrected chi connectivity index (χ3v) is 23.6. The van der Waals surface area contributed by atoms with Crippen molar-refractivity contribution < 1.29 is 148 Å². The van der Waals surface area contributed by atoms with Crippen LogP contribution in [-0.2, 0) is 60.0 Å². The standard InChI is InChI=1S/C12H27NO30P8/c14-5(15)3-11(7(18)19,4-6(16)17)43-51(41)12(1-2-42-51,50(38,39)40)13(8(44(20,21)22)45(23,24)25,9(46(26,27)28)47(29,30)31)10(48(32,33)34)49(35,36)37/h8-10H,1-4H2,(H16-,14,15,16,17,18,19,20,21,22,23,24,25,26,27,28,29,30,31,32,33,34,35,36,37,38,39,40)/p+1. The maximum atomic E-state index is 14.8. The van der Waals surface area contributed by atoms with Gasteiger partial charge in [-0.05, 0) is 0 Å². The zero-order chi connectivity index (χ0) is 41.2. The Hall–Kier alpha value is -0.430. The van der Waals surface area contributed by atoms with Crippen LogP contribution in [0.25, 0.3) is 0 Å². The summed E-state index contributed by atoms with van der Waals surface area (Å²) in [6, 6.07) is 0. The van der Waals surface area contributed by atoms with E-state index in [4.69, 9.17) is 0 Å². The summed E-state index contributed by atoms with van der Waals surface area (Å²) in [5, 5.41) is 22.5. The Kier molecular flexibility index (Phi) is 13.9. The zero-order valence-corrected chi connectivity index (χ0v) is 31.2. The van der Waals surface area contributed by atoms with Crippen LogP contribution >= 0.6 is 60.8 Å². The van der Waals surface area contributed by atoms with E-state index in [9.17, 15) is 135 Å². The Bertz CT molecular complexity index is 1610. The second kappa shape index (κ2) is 14.6. The third kappa shape index (κ3) is 9.18. The molecular weight excluding hydrogens is 886 g/mol. The van der Waals surface area contributed by atoms with E-state index >= 15 is 0 Å². The molecule has 1 aliphatic heterocycles. The number of quaternary nitrogens is 1. The van der Waals surface area contributed by atoms with Crippen molar-refractivity contribution in [2.75, 3.05) is 6.61 Å². The molecule has 1 aliphatic rings. The quantitative estimate of drug-likeness (QED) is 0.0480. The largest absolute Gasteiger partial charge is 0.481 e. The Morgan fingerprint density at radius 2 is 0.902 bits per heavy atom. The molecule has 0 aromatic heterocycles. The average Bonchev–Trinajstić information content (AvgIpc) is 3.09. The molecule has 1 rings (SSSR count). The highest BCUT2D eigenvalue weighted by Crippen LogP contribution is 2.92. The molecule has 0 aromatic carbocycles. The monoisotopic (exact) mass is 914 g/mol.